The minimum Gasteiger partial charge on any atom is -0.478 e. The number of carbonyl (C=O) groups is 1. The van der Waals surface area contributed by atoms with Gasteiger partial charge >= 0.3 is 5.97 Å². The molecule has 0 saturated carbocycles. The van der Waals surface area contributed by atoms with Gasteiger partial charge in [-0.2, -0.15) is 0 Å². The molecule has 4 heteroatoms. The highest BCUT2D eigenvalue weighted by molar-refractivity contribution is 5.77. The molecule has 0 aliphatic carbocycles. The highest BCUT2D eigenvalue weighted by Gasteiger charge is 2.33. The Bertz CT molecular complexity index is 1020. The number of anilines is 1. The Labute approximate surface area is 184 Å². The fourth-order valence-corrected chi connectivity index (χ4v) is 3.16. The SMILES string of the molecule is CC[C@@](C)(Oc1ccc(NCC=C(C)c2ccc(-c3ccccc3)cc2)cc1)C(=O)O. The minimum atomic E-state index is -1.22. The number of carboxylic acid groups (broad SMARTS) is 1. The van der Waals surface area contributed by atoms with Gasteiger partial charge in [-0.05, 0) is 66.8 Å². The Morgan fingerprint density at radius 1 is 0.968 bits per heavy atom. The van der Waals surface area contributed by atoms with Gasteiger partial charge in [0.15, 0.2) is 0 Å². The number of rotatable bonds is 9. The van der Waals surface area contributed by atoms with Crippen LogP contribution < -0.4 is 10.1 Å². The summed E-state index contributed by atoms with van der Waals surface area (Å²) in [4.78, 5) is 11.4. The van der Waals surface area contributed by atoms with Gasteiger partial charge in [-0.3, -0.25) is 0 Å². The van der Waals surface area contributed by atoms with Gasteiger partial charge in [0.25, 0.3) is 0 Å². The fraction of sp³-hybridized carbons (Fsp3) is 0.222. The molecule has 0 heterocycles. The third kappa shape index (κ3) is 5.76. The fourth-order valence-electron chi connectivity index (χ4n) is 3.16. The number of carboxylic acids is 1. The minimum absolute atomic E-state index is 0.388. The number of hydrogen-bond donors (Lipinski definition) is 2. The third-order valence-electron chi connectivity index (χ3n) is 5.49. The molecule has 0 unspecified atom stereocenters. The van der Waals surface area contributed by atoms with Gasteiger partial charge in [0.05, 0.1) is 0 Å². The van der Waals surface area contributed by atoms with Gasteiger partial charge in [0, 0.05) is 12.2 Å². The first kappa shape index (κ1) is 22.2. The first-order valence-corrected chi connectivity index (χ1v) is 10.5. The summed E-state index contributed by atoms with van der Waals surface area (Å²) in [6.07, 6.45) is 2.54. The van der Waals surface area contributed by atoms with E-state index in [0.29, 0.717) is 18.7 Å². The summed E-state index contributed by atoms with van der Waals surface area (Å²) >= 11 is 0. The van der Waals surface area contributed by atoms with E-state index in [9.17, 15) is 9.90 Å². The molecule has 0 radical (unpaired) electrons. The van der Waals surface area contributed by atoms with Crippen LogP contribution in [0.2, 0.25) is 0 Å². The van der Waals surface area contributed by atoms with Crippen molar-refractivity contribution in [2.45, 2.75) is 32.8 Å². The maximum atomic E-state index is 11.4. The quantitative estimate of drug-likeness (QED) is 0.419. The Balaban J connectivity index is 1.57. The monoisotopic (exact) mass is 415 g/mol. The second-order valence-corrected chi connectivity index (χ2v) is 7.73. The van der Waals surface area contributed by atoms with Gasteiger partial charge in [-0.15, -0.1) is 0 Å². The molecule has 2 N–H and O–H groups in total. The molecule has 160 valence electrons. The van der Waals surface area contributed by atoms with Crippen LogP contribution in [0.3, 0.4) is 0 Å². The predicted octanol–water partition coefficient (Wildman–Crippen LogP) is 6.50. The van der Waals surface area contributed by atoms with Crippen molar-refractivity contribution in [2.24, 2.45) is 0 Å². The van der Waals surface area contributed by atoms with Crippen molar-refractivity contribution in [3.8, 4) is 16.9 Å². The lowest BCUT2D eigenvalue weighted by Gasteiger charge is -2.24. The summed E-state index contributed by atoms with van der Waals surface area (Å²) in [6, 6.07) is 26.3. The second-order valence-electron chi connectivity index (χ2n) is 7.73. The van der Waals surface area contributed by atoms with Crippen LogP contribution in [0.5, 0.6) is 5.75 Å². The van der Waals surface area contributed by atoms with Crippen molar-refractivity contribution in [2.75, 3.05) is 11.9 Å². The Morgan fingerprint density at radius 2 is 1.58 bits per heavy atom. The van der Waals surface area contributed by atoms with Crippen LogP contribution in [0, 0.1) is 0 Å². The number of benzene rings is 3. The largest absolute Gasteiger partial charge is 0.478 e. The van der Waals surface area contributed by atoms with Gasteiger partial charge in [-0.1, -0.05) is 67.6 Å². The first-order valence-electron chi connectivity index (χ1n) is 10.5. The standard InChI is InChI=1S/C27H29NO3/c1-4-27(3,26(29)30)31-25-16-14-24(15-17-25)28-19-18-20(2)21-10-12-23(13-11-21)22-8-6-5-7-9-22/h5-18,28H,4,19H2,1-3H3,(H,29,30)/t27-/m1/s1. The highest BCUT2D eigenvalue weighted by atomic mass is 16.5. The second kappa shape index (κ2) is 9.98. The van der Waals surface area contributed by atoms with Crippen molar-refractivity contribution in [1.82, 2.24) is 0 Å². The topological polar surface area (TPSA) is 58.6 Å². The molecule has 31 heavy (non-hydrogen) atoms. The molecule has 0 spiro atoms. The summed E-state index contributed by atoms with van der Waals surface area (Å²) < 4.78 is 5.67. The Hall–Kier alpha value is -3.53. The zero-order valence-electron chi connectivity index (χ0n) is 18.3. The highest BCUT2D eigenvalue weighted by Crippen LogP contribution is 2.24. The molecule has 0 aromatic heterocycles. The summed E-state index contributed by atoms with van der Waals surface area (Å²) in [5.74, 6) is -0.419. The van der Waals surface area contributed by atoms with Crippen molar-refractivity contribution in [3.05, 3.63) is 90.5 Å². The number of ether oxygens (including phenoxy) is 1. The van der Waals surface area contributed by atoms with Crippen LogP contribution >= 0.6 is 0 Å². The molecule has 1 atom stereocenters. The Kier molecular flexibility index (Phi) is 7.14. The predicted molar refractivity (Wildman–Crippen MR) is 127 cm³/mol. The zero-order valence-corrected chi connectivity index (χ0v) is 18.3. The van der Waals surface area contributed by atoms with Crippen LogP contribution in [-0.4, -0.2) is 23.2 Å². The number of aliphatic carboxylic acids is 1. The van der Waals surface area contributed by atoms with Gasteiger partial charge in [0.2, 0.25) is 5.60 Å². The lowest BCUT2D eigenvalue weighted by atomic mass is 10.0. The lowest BCUT2D eigenvalue weighted by Crippen LogP contribution is -2.40. The average Bonchev–Trinajstić information content (AvgIpc) is 2.80. The summed E-state index contributed by atoms with van der Waals surface area (Å²) in [7, 11) is 0. The molecule has 0 bridgehead atoms. The summed E-state index contributed by atoms with van der Waals surface area (Å²) in [5.41, 5.74) is 4.55. The van der Waals surface area contributed by atoms with Gasteiger partial charge in [-0.25, -0.2) is 4.79 Å². The lowest BCUT2D eigenvalue weighted by molar-refractivity contribution is -0.154. The van der Waals surface area contributed by atoms with Crippen LogP contribution in [0.25, 0.3) is 16.7 Å². The number of allylic oxidation sites excluding steroid dienone is 1. The smallest absolute Gasteiger partial charge is 0.347 e. The van der Waals surface area contributed by atoms with E-state index in [2.05, 4.69) is 54.7 Å². The van der Waals surface area contributed by atoms with E-state index in [0.717, 1.165) is 5.69 Å². The normalized spacial score (nSPS) is 13.3. The van der Waals surface area contributed by atoms with E-state index in [1.54, 1.807) is 26.0 Å². The molecule has 3 rings (SSSR count). The number of nitrogens with one attached hydrogen (secondary N) is 1. The molecular weight excluding hydrogens is 386 g/mol. The van der Waals surface area contributed by atoms with Crippen molar-refractivity contribution in [1.29, 1.82) is 0 Å². The van der Waals surface area contributed by atoms with Crippen molar-refractivity contribution < 1.29 is 14.6 Å². The van der Waals surface area contributed by atoms with E-state index in [-0.39, 0.29) is 0 Å². The van der Waals surface area contributed by atoms with E-state index >= 15 is 0 Å². The molecule has 0 saturated heterocycles. The first-order chi connectivity index (χ1) is 14.9. The summed E-state index contributed by atoms with van der Waals surface area (Å²) in [6.45, 7) is 6.18. The Morgan fingerprint density at radius 3 is 2.16 bits per heavy atom. The van der Waals surface area contributed by atoms with Gasteiger partial charge in [0.1, 0.15) is 5.75 Å². The molecule has 4 nitrogen and oxygen atoms in total. The molecular formula is C27H29NO3. The average molecular weight is 416 g/mol. The van der Waals surface area contributed by atoms with E-state index in [4.69, 9.17) is 4.74 Å². The summed E-state index contributed by atoms with van der Waals surface area (Å²) in [5, 5.41) is 12.7. The van der Waals surface area contributed by atoms with Crippen LogP contribution in [0.4, 0.5) is 5.69 Å². The van der Waals surface area contributed by atoms with Crippen molar-refractivity contribution >= 4 is 17.2 Å². The van der Waals surface area contributed by atoms with Crippen LogP contribution in [0.15, 0.2) is 84.9 Å². The molecule has 0 aliphatic heterocycles. The zero-order chi connectivity index (χ0) is 22.3. The maximum absolute atomic E-state index is 11.4. The van der Waals surface area contributed by atoms with E-state index in [1.165, 1.54) is 22.3 Å². The molecule has 0 fully saturated rings. The van der Waals surface area contributed by atoms with Gasteiger partial charge < -0.3 is 15.2 Å². The van der Waals surface area contributed by atoms with Crippen LogP contribution in [0.1, 0.15) is 32.8 Å². The molecule has 0 aliphatic rings. The maximum Gasteiger partial charge on any atom is 0.347 e. The molecule has 0 amide bonds. The van der Waals surface area contributed by atoms with E-state index in [1.807, 2.05) is 30.3 Å². The van der Waals surface area contributed by atoms with Crippen molar-refractivity contribution in [3.63, 3.8) is 0 Å². The molecule has 3 aromatic rings. The number of hydrogen-bond acceptors (Lipinski definition) is 3. The van der Waals surface area contributed by atoms with E-state index < -0.39 is 11.6 Å². The molecule has 3 aromatic carbocycles. The van der Waals surface area contributed by atoms with Crippen LogP contribution in [-0.2, 0) is 4.79 Å². The third-order valence-corrected chi connectivity index (χ3v) is 5.49.